The predicted octanol–water partition coefficient (Wildman–Crippen LogP) is 2.37. The molecule has 0 spiro atoms. The van der Waals surface area contributed by atoms with Crippen molar-refractivity contribution < 1.29 is 4.74 Å². The Morgan fingerprint density at radius 1 is 1.22 bits per heavy atom. The molecule has 3 nitrogen and oxygen atoms in total. The molecule has 0 unspecified atom stereocenters. The van der Waals surface area contributed by atoms with Gasteiger partial charge in [-0.1, -0.05) is 20.8 Å². The third kappa shape index (κ3) is 7.34. The zero-order chi connectivity index (χ0) is 13.2. The van der Waals surface area contributed by atoms with E-state index in [2.05, 4.69) is 31.0 Å². The van der Waals surface area contributed by atoms with Crippen LogP contribution in [0, 0.1) is 11.8 Å². The maximum atomic E-state index is 5.71. The molecule has 0 radical (unpaired) electrons. The number of nitrogens with one attached hydrogen (secondary N) is 1. The predicted molar refractivity (Wildman–Crippen MR) is 78.0 cm³/mol. The average Bonchev–Trinajstić information content (AvgIpc) is 2.38. The molecule has 3 heteroatoms. The van der Waals surface area contributed by atoms with Crippen molar-refractivity contribution in [2.45, 2.75) is 40.0 Å². The summed E-state index contributed by atoms with van der Waals surface area (Å²) < 4.78 is 5.71. The zero-order valence-corrected chi connectivity index (χ0v) is 12.6. The number of nitrogens with zero attached hydrogens (tertiary/aromatic N) is 1. The van der Waals surface area contributed by atoms with Crippen molar-refractivity contribution in [1.82, 2.24) is 10.2 Å². The van der Waals surface area contributed by atoms with Gasteiger partial charge >= 0.3 is 0 Å². The lowest BCUT2D eigenvalue weighted by molar-refractivity contribution is 0.0901. The fraction of sp³-hybridized carbons (Fsp3) is 1.00. The molecular weight excluding hydrogens is 224 g/mol. The van der Waals surface area contributed by atoms with E-state index in [4.69, 9.17) is 4.74 Å². The molecule has 1 aliphatic rings. The average molecular weight is 256 g/mol. The highest BCUT2D eigenvalue weighted by Gasteiger charge is 2.15. The van der Waals surface area contributed by atoms with Crippen LogP contribution in [0.15, 0.2) is 0 Å². The molecule has 0 bridgehead atoms. The summed E-state index contributed by atoms with van der Waals surface area (Å²) in [5.41, 5.74) is 0. The van der Waals surface area contributed by atoms with E-state index in [1.165, 1.54) is 38.9 Å². The molecule has 1 aliphatic heterocycles. The van der Waals surface area contributed by atoms with E-state index in [1.54, 1.807) is 0 Å². The minimum Gasteiger partial charge on any atom is -0.380 e. The summed E-state index contributed by atoms with van der Waals surface area (Å²) in [6, 6.07) is 0. The van der Waals surface area contributed by atoms with Crippen LogP contribution >= 0.6 is 0 Å². The van der Waals surface area contributed by atoms with Gasteiger partial charge in [0.25, 0.3) is 0 Å². The Bertz CT molecular complexity index is 191. The maximum Gasteiger partial charge on any atom is 0.0593 e. The Labute approximate surface area is 113 Å². The first-order chi connectivity index (χ1) is 8.72. The number of rotatable bonds is 9. The molecular formula is C15H32N2O. The minimum absolute atomic E-state index is 0.752. The first-order valence-corrected chi connectivity index (χ1v) is 7.73. The Morgan fingerprint density at radius 2 is 1.94 bits per heavy atom. The Hall–Kier alpha value is -0.120. The van der Waals surface area contributed by atoms with Crippen molar-refractivity contribution >= 4 is 0 Å². The molecule has 0 saturated carbocycles. The topological polar surface area (TPSA) is 24.5 Å². The third-order valence-electron chi connectivity index (χ3n) is 3.81. The highest BCUT2D eigenvalue weighted by molar-refractivity contribution is 4.72. The molecule has 108 valence electrons. The fourth-order valence-electron chi connectivity index (χ4n) is 2.42. The Kier molecular flexibility index (Phi) is 8.64. The first-order valence-electron chi connectivity index (χ1n) is 7.73. The second kappa shape index (κ2) is 9.76. The molecule has 0 aromatic heterocycles. The van der Waals surface area contributed by atoms with E-state index < -0.39 is 0 Å². The van der Waals surface area contributed by atoms with E-state index >= 15 is 0 Å². The van der Waals surface area contributed by atoms with Crippen LogP contribution in [0.3, 0.4) is 0 Å². The van der Waals surface area contributed by atoms with Crippen LogP contribution in [0.2, 0.25) is 0 Å². The van der Waals surface area contributed by atoms with Crippen LogP contribution in [0.4, 0.5) is 0 Å². The van der Waals surface area contributed by atoms with Gasteiger partial charge in [-0.15, -0.1) is 0 Å². The third-order valence-corrected chi connectivity index (χ3v) is 3.81. The van der Waals surface area contributed by atoms with Gasteiger partial charge in [-0.3, -0.25) is 0 Å². The fourth-order valence-corrected chi connectivity index (χ4v) is 2.42. The normalized spacial score (nSPS) is 17.8. The van der Waals surface area contributed by atoms with Crippen LogP contribution in [-0.2, 0) is 4.74 Å². The number of ether oxygens (including phenoxy) is 1. The molecule has 1 N–H and O–H groups in total. The highest BCUT2D eigenvalue weighted by atomic mass is 16.5. The Balaban J connectivity index is 2.05. The summed E-state index contributed by atoms with van der Waals surface area (Å²) in [4.78, 5) is 2.55. The lowest BCUT2D eigenvalue weighted by Crippen LogP contribution is -2.37. The van der Waals surface area contributed by atoms with Gasteiger partial charge in [-0.05, 0) is 50.7 Å². The number of hydrogen-bond donors (Lipinski definition) is 1. The largest absolute Gasteiger partial charge is 0.380 e. The minimum atomic E-state index is 0.752. The van der Waals surface area contributed by atoms with Crippen molar-refractivity contribution in [3.63, 3.8) is 0 Å². The number of likely N-dealkylation sites (N-methyl/N-ethyl adjacent to an activating group) is 1. The lowest BCUT2D eigenvalue weighted by atomic mass is 9.97. The van der Waals surface area contributed by atoms with Gasteiger partial charge in [0, 0.05) is 19.7 Å². The van der Waals surface area contributed by atoms with Crippen LogP contribution < -0.4 is 5.32 Å². The molecule has 0 aliphatic carbocycles. The van der Waals surface area contributed by atoms with Gasteiger partial charge in [0.1, 0.15) is 0 Å². The van der Waals surface area contributed by atoms with E-state index in [0.29, 0.717) is 0 Å². The van der Waals surface area contributed by atoms with Crippen molar-refractivity contribution in [1.29, 1.82) is 0 Å². The maximum absolute atomic E-state index is 5.71. The summed E-state index contributed by atoms with van der Waals surface area (Å²) in [6.07, 6.45) is 3.86. The monoisotopic (exact) mass is 256 g/mol. The molecule has 0 atom stereocenters. The molecule has 0 aromatic carbocycles. The molecule has 1 rings (SSSR count). The van der Waals surface area contributed by atoms with Gasteiger partial charge in [0.2, 0.25) is 0 Å². The molecule has 0 amide bonds. The van der Waals surface area contributed by atoms with E-state index in [-0.39, 0.29) is 0 Å². The van der Waals surface area contributed by atoms with Crippen molar-refractivity contribution in [3.8, 4) is 0 Å². The summed E-state index contributed by atoms with van der Waals surface area (Å²) >= 11 is 0. The van der Waals surface area contributed by atoms with Crippen LogP contribution in [0.5, 0.6) is 0 Å². The molecule has 1 saturated heterocycles. The van der Waals surface area contributed by atoms with E-state index in [9.17, 15) is 0 Å². The molecule has 0 aromatic rings. The highest BCUT2D eigenvalue weighted by Crippen LogP contribution is 2.13. The summed E-state index contributed by atoms with van der Waals surface area (Å²) in [5, 5.41) is 3.43. The standard InChI is InChI=1S/C15H32N2O/c1-4-17(10-12-18-11-7-14(2)3)13-15-5-8-16-9-6-15/h14-16H,4-13H2,1-3H3. The van der Waals surface area contributed by atoms with Gasteiger partial charge in [-0.25, -0.2) is 0 Å². The second-order valence-electron chi connectivity index (χ2n) is 5.88. The number of piperidine rings is 1. The summed E-state index contributed by atoms with van der Waals surface area (Å²) in [6.45, 7) is 14.5. The van der Waals surface area contributed by atoms with Gasteiger partial charge < -0.3 is 15.0 Å². The SMILES string of the molecule is CCN(CCOCCC(C)C)CC1CCNCC1. The van der Waals surface area contributed by atoms with Gasteiger partial charge in [-0.2, -0.15) is 0 Å². The van der Waals surface area contributed by atoms with Crippen LogP contribution in [-0.4, -0.2) is 50.8 Å². The Morgan fingerprint density at radius 3 is 2.56 bits per heavy atom. The summed E-state index contributed by atoms with van der Waals surface area (Å²) in [7, 11) is 0. The van der Waals surface area contributed by atoms with Crippen molar-refractivity contribution in [2.24, 2.45) is 11.8 Å². The first kappa shape index (κ1) is 15.9. The zero-order valence-electron chi connectivity index (χ0n) is 12.6. The lowest BCUT2D eigenvalue weighted by Gasteiger charge is -2.29. The van der Waals surface area contributed by atoms with Gasteiger partial charge in [0.05, 0.1) is 6.61 Å². The number of hydrogen-bond acceptors (Lipinski definition) is 3. The molecule has 18 heavy (non-hydrogen) atoms. The summed E-state index contributed by atoms with van der Waals surface area (Å²) in [5.74, 6) is 1.64. The van der Waals surface area contributed by atoms with Crippen molar-refractivity contribution in [3.05, 3.63) is 0 Å². The van der Waals surface area contributed by atoms with E-state index in [1.807, 2.05) is 0 Å². The van der Waals surface area contributed by atoms with Crippen molar-refractivity contribution in [2.75, 3.05) is 45.9 Å². The van der Waals surface area contributed by atoms with E-state index in [0.717, 1.165) is 38.1 Å². The smallest absolute Gasteiger partial charge is 0.0593 e. The second-order valence-corrected chi connectivity index (χ2v) is 5.88. The van der Waals surface area contributed by atoms with Gasteiger partial charge in [0.15, 0.2) is 0 Å². The molecule has 1 heterocycles. The molecule has 1 fully saturated rings. The van der Waals surface area contributed by atoms with Crippen LogP contribution in [0.1, 0.15) is 40.0 Å². The quantitative estimate of drug-likeness (QED) is 0.641. The van der Waals surface area contributed by atoms with Crippen LogP contribution in [0.25, 0.3) is 0 Å².